The van der Waals surface area contributed by atoms with Gasteiger partial charge >= 0.3 is 0 Å². The summed E-state index contributed by atoms with van der Waals surface area (Å²) in [7, 11) is 0. The molecule has 3 aromatic rings. The van der Waals surface area contributed by atoms with Crippen molar-refractivity contribution < 1.29 is 0 Å². The van der Waals surface area contributed by atoms with E-state index in [0.29, 0.717) is 0 Å². The molecule has 1 N–H and O–H groups in total. The van der Waals surface area contributed by atoms with Gasteiger partial charge in [-0.05, 0) is 25.1 Å². The summed E-state index contributed by atoms with van der Waals surface area (Å²) in [5.74, 6) is 0.809. The predicted molar refractivity (Wildman–Crippen MR) is 75.5 cm³/mol. The van der Waals surface area contributed by atoms with Crippen LogP contribution in [0.15, 0.2) is 43.0 Å². The van der Waals surface area contributed by atoms with Crippen LogP contribution in [-0.2, 0) is 6.54 Å². The van der Waals surface area contributed by atoms with E-state index in [1.807, 2.05) is 43.7 Å². The molecule has 0 amide bonds. The first kappa shape index (κ1) is 11.9. The average molecular weight is 271 g/mol. The lowest BCUT2D eigenvalue weighted by atomic mass is 10.4. The number of nitrogens with one attached hydrogen (secondary N) is 1. The molecule has 0 bridgehead atoms. The summed E-state index contributed by atoms with van der Waals surface area (Å²) < 4.78 is 1.73. The Labute approximate surface area is 115 Å². The van der Waals surface area contributed by atoms with Crippen molar-refractivity contribution in [3.05, 3.63) is 52.9 Å². The molecule has 3 aromatic heterocycles. The molecular formula is C13H13N5S. The maximum atomic E-state index is 4.36. The first-order chi connectivity index (χ1) is 9.31. The van der Waals surface area contributed by atoms with Gasteiger partial charge in [-0.15, -0.1) is 11.3 Å². The molecule has 0 fully saturated rings. The van der Waals surface area contributed by atoms with Crippen molar-refractivity contribution in [3.63, 3.8) is 0 Å². The van der Waals surface area contributed by atoms with E-state index in [-0.39, 0.29) is 0 Å². The van der Waals surface area contributed by atoms with Crippen molar-refractivity contribution in [1.29, 1.82) is 0 Å². The smallest absolute Gasteiger partial charge is 0.153 e. The van der Waals surface area contributed by atoms with Gasteiger partial charge in [0, 0.05) is 23.5 Å². The lowest BCUT2D eigenvalue weighted by Gasteiger charge is -2.05. The van der Waals surface area contributed by atoms with E-state index in [4.69, 9.17) is 0 Å². The van der Waals surface area contributed by atoms with Crippen LogP contribution in [0.2, 0.25) is 0 Å². The zero-order chi connectivity index (χ0) is 13.1. The number of hydrogen-bond acceptors (Lipinski definition) is 5. The fourth-order valence-corrected chi connectivity index (χ4v) is 2.44. The number of pyridine rings is 1. The third-order valence-corrected chi connectivity index (χ3v) is 3.54. The predicted octanol–water partition coefficient (Wildman–Crippen LogP) is 2.64. The Morgan fingerprint density at radius 3 is 2.84 bits per heavy atom. The molecule has 19 heavy (non-hydrogen) atoms. The molecule has 5 nitrogen and oxygen atoms in total. The Morgan fingerprint density at radius 2 is 2.21 bits per heavy atom. The molecular weight excluding hydrogens is 258 g/mol. The van der Waals surface area contributed by atoms with E-state index in [0.717, 1.165) is 23.1 Å². The number of nitrogens with zero attached hydrogens (tertiary/aromatic N) is 4. The third kappa shape index (κ3) is 2.79. The Morgan fingerprint density at radius 1 is 1.26 bits per heavy atom. The minimum atomic E-state index is 0.772. The SMILES string of the molecule is Cc1ncc(CNc2ccc(-n3cccn3)nc2)s1. The summed E-state index contributed by atoms with van der Waals surface area (Å²) in [5, 5.41) is 8.55. The van der Waals surface area contributed by atoms with Crippen LogP contribution in [-0.4, -0.2) is 19.7 Å². The Bertz CT molecular complexity index is 642. The molecule has 0 saturated carbocycles. The van der Waals surface area contributed by atoms with Gasteiger partial charge in [0.25, 0.3) is 0 Å². The highest BCUT2D eigenvalue weighted by molar-refractivity contribution is 7.11. The normalized spacial score (nSPS) is 10.6. The van der Waals surface area contributed by atoms with Crippen LogP contribution < -0.4 is 5.32 Å². The molecule has 96 valence electrons. The third-order valence-electron chi connectivity index (χ3n) is 2.62. The summed E-state index contributed by atoms with van der Waals surface area (Å²) >= 11 is 1.70. The molecule has 0 aliphatic carbocycles. The molecule has 0 unspecified atom stereocenters. The molecule has 3 rings (SSSR count). The van der Waals surface area contributed by atoms with Crippen molar-refractivity contribution in [2.45, 2.75) is 13.5 Å². The van der Waals surface area contributed by atoms with Crippen LogP contribution in [0.1, 0.15) is 9.88 Å². The topological polar surface area (TPSA) is 55.6 Å². The molecule has 3 heterocycles. The van der Waals surface area contributed by atoms with Crippen molar-refractivity contribution in [2.24, 2.45) is 0 Å². The lowest BCUT2D eigenvalue weighted by Crippen LogP contribution is -2.01. The maximum absolute atomic E-state index is 4.36. The highest BCUT2D eigenvalue weighted by Gasteiger charge is 2.00. The second-order valence-electron chi connectivity index (χ2n) is 4.05. The second kappa shape index (κ2) is 5.19. The Kier molecular flexibility index (Phi) is 3.24. The molecule has 0 aliphatic rings. The van der Waals surface area contributed by atoms with Gasteiger partial charge in [-0.3, -0.25) is 0 Å². The highest BCUT2D eigenvalue weighted by atomic mass is 32.1. The van der Waals surface area contributed by atoms with Crippen LogP contribution >= 0.6 is 11.3 Å². The Balaban J connectivity index is 1.66. The first-order valence-electron chi connectivity index (χ1n) is 5.92. The van der Waals surface area contributed by atoms with Gasteiger partial charge in [-0.1, -0.05) is 0 Å². The van der Waals surface area contributed by atoms with E-state index in [2.05, 4.69) is 20.4 Å². The summed E-state index contributed by atoms with van der Waals surface area (Å²) in [5.41, 5.74) is 0.988. The standard InChI is InChI=1S/C13H13N5S/c1-10-14-8-12(19-10)9-15-11-3-4-13(16-7-11)18-6-2-5-17-18/h2-8,15H,9H2,1H3. The number of rotatable bonds is 4. The maximum Gasteiger partial charge on any atom is 0.153 e. The summed E-state index contributed by atoms with van der Waals surface area (Å²) in [4.78, 5) is 9.81. The molecule has 6 heteroatoms. The number of aromatic nitrogens is 4. The number of anilines is 1. The molecule has 0 radical (unpaired) electrons. The summed E-state index contributed by atoms with van der Waals surface area (Å²) in [6, 6.07) is 5.81. The monoisotopic (exact) mass is 271 g/mol. The zero-order valence-electron chi connectivity index (χ0n) is 10.4. The summed E-state index contributed by atoms with van der Waals surface area (Å²) in [6.45, 7) is 2.78. The van der Waals surface area contributed by atoms with Gasteiger partial charge in [0.05, 0.1) is 23.4 Å². The van der Waals surface area contributed by atoms with Crippen molar-refractivity contribution in [3.8, 4) is 5.82 Å². The van der Waals surface area contributed by atoms with Crippen LogP contribution in [0.4, 0.5) is 5.69 Å². The minimum Gasteiger partial charge on any atom is -0.379 e. The van der Waals surface area contributed by atoms with Gasteiger partial charge in [0.2, 0.25) is 0 Å². The average Bonchev–Trinajstić information content (AvgIpc) is 3.08. The molecule has 0 atom stereocenters. The van der Waals surface area contributed by atoms with Crippen LogP contribution in [0.5, 0.6) is 0 Å². The van der Waals surface area contributed by atoms with E-state index in [1.54, 1.807) is 22.2 Å². The quantitative estimate of drug-likeness (QED) is 0.792. The second-order valence-corrected chi connectivity index (χ2v) is 5.37. The van der Waals surface area contributed by atoms with Crippen molar-refractivity contribution in [2.75, 3.05) is 5.32 Å². The Hall–Kier alpha value is -2.21. The number of thiazole rings is 1. The number of aryl methyl sites for hydroxylation is 1. The van der Waals surface area contributed by atoms with E-state index < -0.39 is 0 Å². The van der Waals surface area contributed by atoms with Crippen molar-refractivity contribution in [1.82, 2.24) is 19.7 Å². The zero-order valence-corrected chi connectivity index (χ0v) is 11.3. The largest absolute Gasteiger partial charge is 0.379 e. The molecule has 0 saturated heterocycles. The van der Waals surface area contributed by atoms with Crippen LogP contribution in [0.25, 0.3) is 5.82 Å². The van der Waals surface area contributed by atoms with E-state index in [1.165, 1.54) is 4.88 Å². The van der Waals surface area contributed by atoms with Crippen LogP contribution in [0.3, 0.4) is 0 Å². The molecule has 0 aliphatic heterocycles. The number of hydrogen-bond donors (Lipinski definition) is 1. The van der Waals surface area contributed by atoms with Gasteiger partial charge in [0.15, 0.2) is 5.82 Å². The van der Waals surface area contributed by atoms with Gasteiger partial charge in [0.1, 0.15) is 0 Å². The molecule has 0 spiro atoms. The van der Waals surface area contributed by atoms with Gasteiger partial charge < -0.3 is 5.32 Å². The fraction of sp³-hybridized carbons (Fsp3) is 0.154. The summed E-state index contributed by atoms with van der Waals surface area (Å²) in [6.07, 6.45) is 7.32. The minimum absolute atomic E-state index is 0.772. The lowest BCUT2D eigenvalue weighted by molar-refractivity contribution is 0.847. The molecule has 0 aromatic carbocycles. The van der Waals surface area contributed by atoms with Crippen molar-refractivity contribution >= 4 is 17.0 Å². The van der Waals surface area contributed by atoms with Crippen LogP contribution in [0, 0.1) is 6.92 Å². The first-order valence-corrected chi connectivity index (χ1v) is 6.74. The van der Waals surface area contributed by atoms with Gasteiger partial charge in [-0.25, -0.2) is 14.6 Å². The fourth-order valence-electron chi connectivity index (χ4n) is 1.71. The van der Waals surface area contributed by atoms with E-state index >= 15 is 0 Å². The van der Waals surface area contributed by atoms with Gasteiger partial charge in [-0.2, -0.15) is 5.10 Å². The highest BCUT2D eigenvalue weighted by Crippen LogP contribution is 2.14. The van der Waals surface area contributed by atoms with E-state index in [9.17, 15) is 0 Å².